The third-order valence-electron chi connectivity index (χ3n) is 4.26. The van der Waals surface area contributed by atoms with Crippen LogP contribution in [-0.4, -0.2) is 69.8 Å². The quantitative estimate of drug-likeness (QED) is 0.602. The first-order valence-corrected chi connectivity index (χ1v) is 9.99. The Bertz CT molecular complexity index is 657. The van der Waals surface area contributed by atoms with Crippen molar-refractivity contribution >= 4 is 29.7 Å². The highest BCUT2D eigenvalue weighted by atomic mass is 32.2. The maximum Gasteiger partial charge on any atom is 0.408 e. The summed E-state index contributed by atoms with van der Waals surface area (Å²) in [4.78, 5) is 37.4. The van der Waals surface area contributed by atoms with Crippen LogP contribution in [0.4, 0.5) is 4.79 Å². The van der Waals surface area contributed by atoms with Crippen LogP contribution in [-0.2, 0) is 20.9 Å². The largest absolute Gasteiger partial charge is 0.480 e. The fourth-order valence-electron chi connectivity index (χ4n) is 2.89. The van der Waals surface area contributed by atoms with Crippen molar-refractivity contribution in [1.29, 1.82) is 0 Å². The molecule has 8 nitrogen and oxygen atoms in total. The Kier molecular flexibility index (Phi) is 7.93. The minimum atomic E-state index is -1.17. The molecular weight excluding hydrogens is 372 g/mol. The number of carbonyl (C=O) groups is 3. The van der Waals surface area contributed by atoms with E-state index in [0.29, 0.717) is 12.2 Å². The van der Waals surface area contributed by atoms with E-state index in [1.54, 1.807) is 0 Å². The van der Waals surface area contributed by atoms with Gasteiger partial charge in [0, 0.05) is 13.0 Å². The molecule has 1 heterocycles. The Morgan fingerprint density at radius 1 is 1.33 bits per heavy atom. The Morgan fingerprint density at radius 2 is 2.04 bits per heavy atom. The van der Waals surface area contributed by atoms with Gasteiger partial charge in [-0.3, -0.25) is 4.79 Å². The van der Waals surface area contributed by atoms with Gasteiger partial charge in [-0.2, -0.15) is 11.8 Å². The first-order valence-electron chi connectivity index (χ1n) is 8.60. The monoisotopic (exact) mass is 396 g/mol. The van der Waals surface area contributed by atoms with E-state index >= 15 is 0 Å². The number of carbonyl (C=O) groups excluding carboxylic acids is 2. The van der Waals surface area contributed by atoms with Gasteiger partial charge in [-0.1, -0.05) is 30.3 Å². The average Bonchev–Trinajstić information content (AvgIpc) is 3.06. The lowest BCUT2D eigenvalue weighted by Gasteiger charge is -2.27. The first-order chi connectivity index (χ1) is 12.9. The molecular formula is C18H24N2O6S. The van der Waals surface area contributed by atoms with Gasteiger partial charge in [-0.25, -0.2) is 9.59 Å². The van der Waals surface area contributed by atoms with Gasteiger partial charge in [0.05, 0.1) is 6.10 Å². The Labute approximate surface area is 161 Å². The van der Waals surface area contributed by atoms with Gasteiger partial charge in [0.2, 0.25) is 5.91 Å². The SMILES string of the molecule is CSCCC(NC(=O)OCc1ccccc1)C(=O)N1CC(O)CC1C(=O)O. The number of hydrogen-bond acceptors (Lipinski definition) is 6. The number of aliphatic hydroxyl groups is 1. The zero-order valence-electron chi connectivity index (χ0n) is 15.0. The molecule has 1 aromatic rings. The summed E-state index contributed by atoms with van der Waals surface area (Å²) in [5.74, 6) is -1.09. The van der Waals surface area contributed by atoms with Crippen LogP contribution in [0.25, 0.3) is 0 Å². The minimum absolute atomic E-state index is 0.0191. The molecule has 0 aromatic heterocycles. The molecule has 0 spiro atoms. The number of aliphatic hydroxyl groups excluding tert-OH is 1. The summed E-state index contributed by atoms with van der Waals surface area (Å²) in [5, 5.41) is 21.6. The molecule has 3 atom stereocenters. The number of carboxylic acid groups (broad SMARTS) is 1. The number of likely N-dealkylation sites (tertiary alicyclic amines) is 1. The van der Waals surface area contributed by atoms with Crippen molar-refractivity contribution in [2.75, 3.05) is 18.6 Å². The number of nitrogens with one attached hydrogen (secondary N) is 1. The molecule has 1 fully saturated rings. The number of benzene rings is 1. The van der Waals surface area contributed by atoms with E-state index in [4.69, 9.17) is 4.74 Å². The molecule has 0 radical (unpaired) electrons. The third kappa shape index (κ3) is 6.14. The van der Waals surface area contributed by atoms with E-state index in [9.17, 15) is 24.6 Å². The van der Waals surface area contributed by atoms with Crippen LogP contribution in [0.15, 0.2) is 30.3 Å². The lowest BCUT2D eigenvalue weighted by molar-refractivity contribution is -0.149. The number of β-amino-alcohol motifs (C(OH)–C–C–N with tert-alkyl or cyclic N) is 1. The number of alkyl carbamates (subject to hydrolysis) is 1. The topological polar surface area (TPSA) is 116 Å². The van der Waals surface area contributed by atoms with Gasteiger partial charge < -0.3 is 25.2 Å². The molecule has 148 valence electrons. The molecule has 9 heteroatoms. The highest BCUT2D eigenvalue weighted by Gasteiger charge is 2.41. The van der Waals surface area contributed by atoms with Crippen LogP contribution in [0, 0.1) is 0 Å². The zero-order valence-corrected chi connectivity index (χ0v) is 15.9. The molecule has 3 N–H and O–H groups in total. The standard InChI is InChI=1S/C18H24N2O6S/c1-27-8-7-14(16(22)20-10-13(21)9-15(20)17(23)24)19-18(25)26-11-12-5-3-2-4-6-12/h2-6,13-15,21H,7-11H2,1H3,(H,19,25)(H,23,24). The fourth-order valence-corrected chi connectivity index (χ4v) is 3.36. The second-order valence-corrected chi connectivity index (χ2v) is 7.26. The molecule has 0 aliphatic carbocycles. The van der Waals surface area contributed by atoms with Crippen LogP contribution in [0.2, 0.25) is 0 Å². The van der Waals surface area contributed by atoms with Crippen LogP contribution < -0.4 is 5.32 Å². The number of carboxylic acids is 1. The maximum absolute atomic E-state index is 12.8. The van der Waals surface area contributed by atoms with Gasteiger partial charge in [0.1, 0.15) is 18.7 Å². The maximum atomic E-state index is 12.8. The predicted molar refractivity (Wildman–Crippen MR) is 100 cm³/mol. The number of thioether (sulfide) groups is 1. The highest BCUT2D eigenvalue weighted by molar-refractivity contribution is 7.98. The number of aliphatic carboxylic acids is 1. The van der Waals surface area contributed by atoms with Gasteiger partial charge >= 0.3 is 12.1 Å². The van der Waals surface area contributed by atoms with Crippen LogP contribution in [0.1, 0.15) is 18.4 Å². The summed E-state index contributed by atoms with van der Waals surface area (Å²) < 4.78 is 5.15. The van der Waals surface area contributed by atoms with E-state index in [1.807, 2.05) is 36.6 Å². The average molecular weight is 396 g/mol. The van der Waals surface area contributed by atoms with E-state index < -0.39 is 36.2 Å². The predicted octanol–water partition coefficient (Wildman–Crippen LogP) is 1.08. The van der Waals surface area contributed by atoms with E-state index in [1.165, 1.54) is 11.8 Å². The molecule has 27 heavy (non-hydrogen) atoms. The second-order valence-electron chi connectivity index (χ2n) is 6.27. The lowest BCUT2D eigenvalue weighted by atomic mass is 10.1. The van der Waals surface area contributed by atoms with Crippen molar-refractivity contribution in [1.82, 2.24) is 10.2 Å². The number of nitrogens with zero attached hydrogens (tertiary/aromatic N) is 1. The van der Waals surface area contributed by atoms with Crippen molar-refractivity contribution in [3.05, 3.63) is 35.9 Å². The summed E-state index contributed by atoms with van der Waals surface area (Å²) in [6, 6.07) is 7.13. The van der Waals surface area contributed by atoms with Crippen LogP contribution >= 0.6 is 11.8 Å². The number of rotatable bonds is 8. The fraction of sp³-hybridized carbons (Fsp3) is 0.500. The zero-order chi connectivity index (χ0) is 19.8. The van der Waals surface area contributed by atoms with E-state index in [2.05, 4.69) is 5.32 Å². The molecule has 0 bridgehead atoms. The normalized spacial score (nSPS) is 20.1. The Morgan fingerprint density at radius 3 is 2.67 bits per heavy atom. The highest BCUT2D eigenvalue weighted by Crippen LogP contribution is 2.20. The molecule has 1 saturated heterocycles. The van der Waals surface area contributed by atoms with Crippen molar-refractivity contribution < 1.29 is 29.3 Å². The smallest absolute Gasteiger partial charge is 0.408 e. The van der Waals surface area contributed by atoms with Gasteiger partial charge in [0.15, 0.2) is 0 Å². The summed E-state index contributed by atoms with van der Waals surface area (Å²) in [5.41, 5.74) is 0.813. The van der Waals surface area contributed by atoms with Gasteiger partial charge in [-0.15, -0.1) is 0 Å². The molecule has 2 rings (SSSR count). The Hall–Kier alpha value is -2.26. The van der Waals surface area contributed by atoms with Crippen molar-refractivity contribution in [2.24, 2.45) is 0 Å². The Balaban J connectivity index is 1.99. The second kappa shape index (κ2) is 10.2. The summed E-state index contributed by atoms with van der Waals surface area (Å²) in [6.45, 7) is 0.00258. The van der Waals surface area contributed by atoms with Gasteiger partial charge in [0.25, 0.3) is 0 Å². The van der Waals surface area contributed by atoms with Gasteiger partial charge in [-0.05, 0) is 24.0 Å². The molecule has 1 aromatic carbocycles. The van der Waals surface area contributed by atoms with Crippen LogP contribution in [0.3, 0.4) is 0 Å². The number of amides is 2. The molecule has 2 amide bonds. The van der Waals surface area contributed by atoms with Crippen molar-refractivity contribution in [3.8, 4) is 0 Å². The van der Waals surface area contributed by atoms with E-state index in [0.717, 1.165) is 10.5 Å². The van der Waals surface area contributed by atoms with E-state index in [-0.39, 0.29) is 19.6 Å². The number of ether oxygens (including phenoxy) is 1. The van der Waals surface area contributed by atoms with Crippen molar-refractivity contribution in [2.45, 2.75) is 37.6 Å². The number of hydrogen-bond donors (Lipinski definition) is 3. The first kappa shape index (κ1) is 21.0. The third-order valence-corrected chi connectivity index (χ3v) is 4.90. The molecule has 1 aliphatic rings. The molecule has 1 aliphatic heterocycles. The minimum Gasteiger partial charge on any atom is -0.480 e. The summed E-state index contributed by atoms with van der Waals surface area (Å²) in [6.07, 6.45) is 0.550. The summed E-state index contributed by atoms with van der Waals surface area (Å²) in [7, 11) is 0. The molecule has 0 saturated carbocycles. The molecule has 3 unspecified atom stereocenters. The van der Waals surface area contributed by atoms with Crippen LogP contribution in [0.5, 0.6) is 0 Å². The van der Waals surface area contributed by atoms with Crippen molar-refractivity contribution in [3.63, 3.8) is 0 Å². The lowest BCUT2D eigenvalue weighted by Crippen LogP contribution is -2.52. The summed E-state index contributed by atoms with van der Waals surface area (Å²) >= 11 is 1.51.